The zero-order valence-corrected chi connectivity index (χ0v) is 26.4. The number of hydrogen-bond acceptors (Lipinski definition) is 7. The zero-order chi connectivity index (χ0) is 31.0. The number of carboxylic acid groups (broad SMARTS) is 1. The number of nitrogens with one attached hydrogen (secondary N) is 1. The summed E-state index contributed by atoms with van der Waals surface area (Å²) < 4.78 is 35.2. The maximum absolute atomic E-state index is 13.5. The number of likely N-dealkylation sites (tertiary alicyclic amines) is 1. The largest absolute Gasteiger partial charge is 0.480 e. The lowest BCUT2D eigenvalue weighted by atomic mass is 9.90. The van der Waals surface area contributed by atoms with E-state index >= 15 is 0 Å². The first-order valence-electron chi connectivity index (χ1n) is 15.3. The molecule has 2 N–H and O–H groups in total. The van der Waals surface area contributed by atoms with Gasteiger partial charge in [0.05, 0.1) is 18.5 Å². The fourth-order valence-corrected chi connectivity index (χ4v) is 6.95. The van der Waals surface area contributed by atoms with Gasteiger partial charge in [0, 0.05) is 44.7 Å². The topological polar surface area (TPSA) is 122 Å². The van der Waals surface area contributed by atoms with E-state index in [0.29, 0.717) is 30.2 Å². The maximum atomic E-state index is 13.5. The zero-order valence-electron chi connectivity index (χ0n) is 25.6. The van der Waals surface area contributed by atoms with Gasteiger partial charge in [-0.05, 0) is 72.9 Å². The molecule has 0 unspecified atom stereocenters. The predicted octanol–water partition coefficient (Wildman–Crippen LogP) is 4.47. The molecule has 1 amide bonds. The van der Waals surface area contributed by atoms with Gasteiger partial charge in [-0.1, -0.05) is 49.6 Å². The Kier molecular flexibility index (Phi) is 11.8. The van der Waals surface area contributed by atoms with Crippen LogP contribution < -0.4 is 5.32 Å². The van der Waals surface area contributed by atoms with Gasteiger partial charge in [-0.25, -0.2) is 13.2 Å². The molecule has 0 aromatic heterocycles. The highest BCUT2D eigenvalue weighted by Gasteiger charge is 2.33. The molecule has 9 nitrogen and oxygen atoms in total. The van der Waals surface area contributed by atoms with E-state index < -0.39 is 27.8 Å². The molecule has 4 rings (SSSR count). The normalized spacial score (nSPS) is 20.6. The minimum atomic E-state index is -3.39. The third kappa shape index (κ3) is 9.60. The van der Waals surface area contributed by atoms with Gasteiger partial charge >= 0.3 is 5.97 Å². The molecule has 2 fully saturated rings. The van der Waals surface area contributed by atoms with Crippen LogP contribution in [0.4, 0.5) is 0 Å². The molecule has 1 saturated heterocycles. The lowest BCUT2D eigenvalue weighted by molar-refractivity contribution is -0.139. The maximum Gasteiger partial charge on any atom is 0.326 e. The highest BCUT2D eigenvalue weighted by atomic mass is 32.2. The SMILES string of the molecule is COC[C@@H]1C[C@@H](OCC2CCCCC2)CN1Cc1ccc(C(=O)N[C@@H](CCS(C)(=O)=O)C(=O)O)c(-c2ccccc2C)c1. The quantitative estimate of drug-likeness (QED) is 0.320. The summed E-state index contributed by atoms with van der Waals surface area (Å²) in [6.45, 7) is 4.87. The summed E-state index contributed by atoms with van der Waals surface area (Å²) in [6.07, 6.45) is 8.34. The smallest absolute Gasteiger partial charge is 0.326 e. The summed E-state index contributed by atoms with van der Waals surface area (Å²) >= 11 is 0. The Balaban J connectivity index is 1.54. The molecule has 3 atom stereocenters. The van der Waals surface area contributed by atoms with Crippen LogP contribution in [0.2, 0.25) is 0 Å². The van der Waals surface area contributed by atoms with Crippen LogP contribution in [0.15, 0.2) is 42.5 Å². The average molecular weight is 615 g/mol. The van der Waals surface area contributed by atoms with E-state index in [2.05, 4.69) is 10.2 Å². The number of methoxy groups -OCH3 is 1. The Morgan fingerprint density at radius 1 is 1.07 bits per heavy atom. The van der Waals surface area contributed by atoms with Crippen LogP contribution in [-0.4, -0.2) is 87.4 Å². The monoisotopic (exact) mass is 614 g/mol. The van der Waals surface area contributed by atoms with Crippen LogP contribution in [0.5, 0.6) is 0 Å². The summed E-state index contributed by atoms with van der Waals surface area (Å²) in [5, 5.41) is 12.2. The molecule has 2 aromatic carbocycles. The molecule has 1 saturated carbocycles. The number of hydrogen-bond donors (Lipinski definition) is 2. The Bertz CT molecular complexity index is 1360. The first kappa shape index (κ1) is 33.1. The second-order valence-corrected chi connectivity index (χ2v) is 14.5. The fraction of sp³-hybridized carbons (Fsp3) is 0.576. The Morgan fingerprint density at radius 2 is 1.81 bits per heavy atom. The van der Waals surface area contributed by atoms with Crippen molar-refractivity contribution in [3.05, 3.63) is 59.2 Å². The van der Waals surface area contributed by atoms with Crippen LogP contribution in [0.25, 0.3) is 11.1 Å². The van der Waals surface area contributed by atoms with Crippen molar-refractivity contribution >= 4 is 21.7 Å². The van der Waals surface area contributed by atoms with E-state index in [0.717, 1.165) is 42.5 Å². The molecule has 236 valence electrons. The summed E-state index contributed by atoms with van der Waals surface area (Å²) in [4.78, 5) is 27.7. The highest BCUT2D eigenvalue weighted by molar-refractivity contribution is 7.90. The molecule has 10 heteroatoms. The number of nitrogens with zero attached hydrogens (tertiary/aromatic N) is 1. The number of aliphatic carboxylic acids is 1. The fourth-order valence-electron chi connectivity index (χ4n) is 6.29. The highest BCUT2D eigenvalue weighted by Crippen LogP contribution is 2.31. The molecular formula is C33H46N2O7S. The van der Waals surface area contributed by atoms with Crippen molar-refractivity contribution < 1.29 is 32.6 Å². The van der Waals surface area contributed by atoms with Crippen molar-refractivity contribution in [3.8, 4) is 11.1 Å². The molecule has 0 radical (unpaired) electrons. The van der Waals surface area contributed by atoms with E-state index in [4.69, 9.17) is 9.47 Å². The predicted molar refractivity (Wildman–Crippen MR) is 167 cm³/mol. The van der Waals surface area contributed by atoms with Crippen molar-refractivity contribution in [2.45, 2.75) is 76.6 Å². The number of carbonyl (C=O) groups is 2. The lowest BCUT2D eigenvalue weighted by Crippen LogP contribution is -2.42. The van der Waals surface area contributed by atoms with Crippen molar-refractivity contribution in [1.82, 2.24) is 10.2 Å². The molecule has 0 spiro atoms. The standard InChI is InChI=1S/C33H46N2O7S/c1-23-9-7-8-12-28(23)30-17-25(13-14-29(30)32(36)34-31(33(37)38)15-16-43(3,39)40)19-35-20-27(18-26(35)22-41-2)42-21-24-10-5-4-6-11-24/h7-9,12-14,17,24,26-27,31H,4-6,10-11,15-16,18-22H2,1-3H3,(H,34,36)(H,37,38)/t26-,27+,31-/m0/s1. The van der Waals surface area contributed by atoms with Crippen LogP contribution >= 0.6 is 0 Å². The van der Waals surface area contributed by atoms with Gasteiger partial charge in [0.2, 0.25) is 0 Å². The number of carbonyl (C=O) groups excluding carboxylic acids is 1. The number of rotatable bonds is 14. The minimum Gasteiger partial charge on any atom is -0.480 e. The Hall–Kier alpha value is -2.79. The molecule has 1 heterocycles. The van der Waals surface area contributed by atoms with Gasteiger partial charge in [-0.2, -0.15) is 0 Å². The third-order valence-corrected chi connectivity index (χ3v) is 9.65. The number of carboxylic acids is 1. The molecule has 1 aliphatic heterocycles. The number of sulfone groups is 1. The summed E-state index contributed by atoms with van der Waals surface area (Å²) in [5.74, 6) is -1.51. The molecular weight excluding hydrogens is 568 g/mol. The van der Waals surface area contributed by atoms with Crippen LogP contribution in [0, 0.1) is 12.8 Å². The first-order chi connectivity index (χ1) is 20.5. The van der Waals surface area contributed by atoms with Crippen LogP contribution in [0.3, 0.4) is 0 Å². The van der Waals surface area contributed by atoms with Gasteiger partial charge in [0.15, 0.2) is 0 Å². The third-order valence-electron chi connectivity index (χ3n) is 8.67. The molecule has 1 aliphatic carbocycles. The van der Waals surface area contributed by atoms with Crippen molar-refractivity contribution in [2.24, 2.45) is 5.92 Å². The van der Waals surface area contributed by atoms with Gasteiger partial charge in [-0.3, -0.25) is 9.69 Å². The number of amides is 1. The van der Waals surface area contributed by atoms with Gasteiger partial charge in [-0.15, -0.1) is 0 Å². The van der Waals surface area contributed by atoms with E-state index in [9.17, 15) is 23.1 Å². The van der Waals surface area contributed by atoms with Gasteiger partial charge in [0.1, 0.15) is 15.9 Å². The van der Waals surface area contributed by atoms with Crippen LogP contribution in [0.1, 0.15) is 66.4 Å². The van der Waals surface area contributed by atoms with Crippen LogP contribution in [-0.2, 0) is 30.7 Å². The number of aryl methyl sites for hydroxylation is 1. The average Bonchev–Trinajstić information content (AvgIpc) is 3.35. The second kappa shape index (κ2) is 15.3. The van der Waals surface area contributed by atoms with E-state index in [1.807, 2.05) is 43.3 Å². The van der Waals surface area contributed by atoms with E-state index in [-0.39, 0.29) is 24.3 Å². The summed E-state index contributed by atoms with van der Waals surface area (Å²) in [6, 6.07) is 12.3. The minimum absolute atomic E-state index is 0.155. The molecule has 0 bridgehead atoms. The number of ether oxygens (including phenoxy) is 2. The van der Waals surface area contributed by atoms with Crippen molar-refractivity contribution in [2.75, 3.05) is 38.9 Å². The second-order valence-electron chi connectivity index (χ2n) is 12.2. The molecule has 2 aromatic rings. The van der Waals surface area contributed by atoms with Gasteiger partial charge in [0.25, 0.3) is 5.91 Å². The van der Waals surface area contributed by atoms with E-state index in [1.54, 1.807) is 13.2 Å². The Morgan fingerprint density at radius 3 is 2.49 bits per heavy atom. The molecule has 2 aliphatic rings. The lowest BCUT2D eigenvalue weighted by Gasteiger charge is -2.25. The van der Waals surface area contributed by atoms with Crippen molar-refractivity contribution in [3.63, 3.8) is 0 Å². The van der Waals surface area contributed by atoms with Crippen molar-refractivity contribution in [1.29, 1.82) is 0 Å². The van der Waals surface area contributed by atoms with E-state index in [1.165, 1.54) is 32.1 Å². The Labute approximate surface area is 255 Å². The molecule has 43 heavy (non-hydrogen) atoms. The summed E-state index contributed by atoms with van der Waals surface area (Å²) in [7, 11) is -1.67. The first-order valence-corrected chi connectivity index (χ1v) is 17.3. The van der Waals surface area contributed by atoms with Gasteiger partial charge < -0.3 is 19.9 Å². The number of benzene rings is 2. The summed E-state index contributed by atoms with van der Waals surface area (Å²) in [5.41, 5.74) is 3.92.